The van der Waals surface area contributed by atoms with E-state index in [2.05, 4.69) is 10.1 Å². The average molecular weight is 291 g/mol. The number of rotatable bonds is 4. The van der Waals surface area contributed by atoms with Crippen LogP contribution in [-0.4, -0.2) is 23.3 Å². The number of hydrogen-bond acceptors (Lipinski definition) is 5. The highest BCUT2D eigenvalue weighted by Crippen LogP contribution is 2.23. The van der Waals surface area contributed by atoms with Crippen LogP contribution in [0.25, 0.3) is 0 Å². The molecule has 0 heterocycles. The van der Waals surface area contributed by atoms with Gasteiger partial charge >= 0.3 is 5.97 Å². The van der Waals surface area contributed by atoms with Gasteiger partial charge in [0.2, 0.25) is 0 Å². The standard InChI is InChI=1S/C15H14FNO4/c1-21-15(20)12-7-10(2-4-13(12)16)17-8-9-6-11(18)3-5-14(9)19/h2-7,17-19H,8H2,1H3. The molecule has 0 unspecified atom stereocenters. The number of nitrogens with one attached hydrogen (secondary N) is 1. The summed E-state index contributed by atoms with van der Waals surface area (Å²) in [6, 6.07) is 8.08. The van der Waals surface area contributed by atoms with Crippen molar-refractivity contribution in [2.45, 2.75) is 6.54 Å². The largest absolute Gasteiger partial charge is 0.508 e. The van der Waals surface area contributed by atoms with Crippen LogP contribution in [0.2, 0.25) is 0 Å². The smallest absolute Gasteiger partial charge is 0.340 e. The van der Waals surface area contributed by atoms with Crippen molar-refractivity contribution in [2.24, 2.45) is 0 Å². The summed E-state index contributed by atoms with van der Waals surface area (Å²) in [7, 11) is 1.17. The third-order valence-corrected chi connectivity index (χ3v) is 2.92. The maximum atomic E-state index is 13.5. The summed E-state index contributed by atoms with van der Waals surface area (Å²) in [5, 5.41) is 22.0. The summed E-state index contributed by atoms with van der Waals surface area (Å²) in [5.41, 5.74) is 0.779. The second kappa shape index (κ2) is 6.13. The number of aromatic hydroxyl groups is 2. The third-order valence-electron chi connectivity index (χ3n) is 2.92. The van der Waals surface area contributed by atoms with Gasteiger partial charge in [0.05, 0.1) is 12.7 Å². The van der Waals surface area contributed by atoms with Gasteiger partial charge in [0.1, 0.15) is 17.3 Å². The lowest BCUT2D eigenvalue weighted by atomic mass is 10.1. The van der Waals surface area contributed by atoms with E-state index in [1.807, 2.05) is 0 Å². The molecule has 0 radical (unpaired) electrons. The topological polar surface area (TPSA) is 78.8 Å². The maximum Gasteiger partial charge on any atom is 0.340 e. The zero-order chi connectivity index (χ0) is 15.4. The molecular weight excluding hydrogens is 277 g/mol. The van der Waals surface area contributed by atoms with E-state index in [1.165, 1.54) is 37.4 Å². The molecule has 3 N–H and O–H groups in total. The highest BCUT2D eigenvalue weighted by Gasteiger charge is 2.12. The Balaban J connectivity index is 2.17. The van der Waals surface area contributed by atoms with Gasteiger partial charge in [-0.2, -0.15) is 0 Å². The molecule has 0 bridgehead atoms. The van der Waals surface area contributed by atoms with Gasteiger partial charge in [-0.3, -0.25) is 0 Å². The van der Waals surface area contributed by atoms with Crippen molar-refractivity contribution in [3.8, 4) is 11.5 Å². The molecule has 0 aliphatic rings. The average Bonchev–Trinajstić information content (AvgIpc) is 2.48. The van der Waals surface area contributed by atoms with Crippen LogP contribution < -0.4 is 5.32 Å². The first kappa shape index (κ1) is 14.6. The number of carbonyl (C=O) groups excluding carboxylic acids is 1. The summed E-state index contributed by atoms with van der Waals surface area (Å²) in [5.74, 6) is -1.39. The van der Waals surface area contributed by atoms with E-state index in [0.29, 0.717) is 11.3 Å². The number of methoxy groups -OCH3 is 1. The molecule has 2 aromatic rings. The maximum absolute atomic E-state index is 13.5. The molecule has 0 atom stereocenters. The van der Waals surface area contributed by atoms with Crippen molar-refractivity contribution in [3.63, 3.8) is 0 Å². The summed E-state index contributed by atoms with van der Waals surface area (Å²) in [6.07, 6.45) is 0. The van der Waals surface area contributed by atoms with Crippen molar-refractivity contribution in [1.82, 2.24) is 0 Å². The Labute approximate surface area is 120 Å². The van der Waals surface area contributed by atoms with Crippen LogP contribution >= 0.6 is 0 Å². The van der Waals surface area contributed by atoms with E-state index in [9.17, 15) is 19.4 Å². The molecule has 21 heavy (non-hydrogen) atoms. The Morgan fingerprint density at radius 1 is 1.24 bits per heavy atom. The van der Waals surface area contributed by atoms with Gasteiger partial charge < -0.3 is 20.3 Å². The predicted octanol–water partition coefficient (Wildman–Crippen LogP) is 2.64. The van der Waals surface area contributed by atoms with E-state index >= 15 is 0 Å². The number of phenols is 2. The molecule has 0 saturated heterocycles. The molecule has 6 heteroatoms. The lowest BCUT2D eigenvalue weighted by molar-refractivity contribution is 0.0595. The van der Waals surface area contributed by atoms with E-state index in [-0.39, 0.29) is 23.6 Å². The minimum Gasteiger partial charge on any atom is -0.508 e. The second-order valence-corrected chi connectivity index (χ2v) is 4.35. The van der Waals surface area contributed by atoms with Gasteiger partial charge in [-0.05, 0) is 36.4 Å². The van der Waals surface area contributed by atoms with Crippen molar-refractivity contribution >= 4 is 11.7 Å². The summed E-state index contributed by atoms with van der Waals surface area (Å²) < 4.78 is 18.0. The van der Waals surface area contributed by atoms with Gasteiger partial charge in [0.15, 0.2) is 0 Å². The fourth-order valence-electron chi connectivity index (χ4n) is 1.81. The quantitative estimate of drug-likeness (QED) is 0.596. The molecule has 5 nitrogen and oxygen atoms in total. The van der Waals surface area contributed by atoms with Crippen molar-refractivity contribution in [3.05, 3.63) is 53.3 Å². The molecule has 0 aromatic heterocycles. The number of phenolic OH excluding ortho intramolecular Hbond substituents is 2. The molecule has 0 aliphatic carbocycles. The molecule has 0 fully saturated rings. The van der Waals surface area contributed by atoms with Gasteiger partial charge in [0.25, 0.3) is 0 Å². The molecule has 110 valence electrons. The molecule has 2 aromatic carbocycles. The molecule has 0 saturated carbocycles. The van der Waals surface area contributed by atoms with Gasteiger partial charge in [0, 0.05) is 17.8 Å². The van der Waals surface area contributed by atoms with Crippen LogP contribution in [-0.2, 0) is 11.3 Å². The van der Waals surface area contributed by atoms with Crippen LogP contribution in [0.3, 0.4) is 0 Å². The van der Waals surface area contributed by atoms with E-state index in [0.717, 1.165) is 6.07 Å². The fourth-order valence-corrected chi connectivity index (χ4v) is 1.81. The van der Waals surface area contributed by atoms with Crippen LogP contribution in [0.1, 0.15) is 15.9 Å². The number of hydrogen-bond donors (Lipinski definition) is 3. The zero-order valence-corrected chi connectivity index (χ0v) is 11.3. The minimum atomic E-state index is -0.767. The molecule has 0 aliphatic heterocycles. The first-order chi connectivity index (χ1) is 10.0. The SMILES string of the molecule is COC(=O)c1cc(NCc2cc(O)ccc2O)ccc1F. The number of benzene rings is 2. The van der Waals surface area contributed by atoms with Crippen molar-refractivity contribution < 1.29 is 24.1 Å². The Hall–Kier alpha value is -2.76. The Kier molecular flexibility index (Phi) is 4.27. The van der Waals surface area contributed by atoms with Gasteiger partial charge in [-0.1, -0.05) is 0 Å². The first-order valence-electron chi connectivity index (χ1n) is 6.14. The minimum absolute atomic E-state index is 0.0237. The summed E-state index contributed by atoms with van der Waals surface area (Å²) >= 11 is 0. The monoisotopic (exact) mass is 291 g/mol. The number of carbonyl (C=O) groups is 1. The lowest BCUT2D eigenvalue weighted by Crippen LogP contribution is -2.06. The number of anilines is 1. The van der Waals surface area contributed by atoms with Crippen molar-refractivity contribution in [1.29, 1.82) is 0 Å². The first-order valence-corrected chi connectivity index (χ1v) is 6.14. The van der Waals surface area contributed by atoms with E-state index in [4.69, 9.17) is 0 Å². The van der Waals surface area contributed by atoms with Gasteiger partial charge in [-0.15, -0.1) is 0 Å². The highest BCUT2D eigenvalue weighted by atomic mass is 19.1. The van der Waals surface area contributed by atoms with E-state index in [1.54, 1.807) is 0 Å². The Bertz CT molecular complexity index is 673. The lowest BCUT2D eigenvalue weighted by Gasteiger charge is -2.10. The normalized spacial score (nSPS) is 10.2. The molecular formula is C15H14FNO4. The van der Waals surface area contributed by atoms with Crippen molar-refractivity contribution in [2.75, 3.05) is 12.4 Å². The second-order valence-electron chi connectivity index (χ2n) is 4.35. The molecule has 0 amide bonds. The van der Waals surface area contributed by atoms with E-state index < -0.39 is 11.8 Å². The van der Waals surface area contributed by atoms with Crippen LogP contribution in [0.15, 0.2) is 36.4 Å². The number of esters is 1. The number of halogens is 1. The Morgan fingerprint density at radius 2 is 2.00 bits per heavy atom. The third kappa shape index (κ3) is 3.42. The zero-order valence-electron chi connectivity index (χ0n) is 11.3. The summed E-state index contributed by atoms with van der Waals surface area (Å²) in [4.78, 5) is 11.4. The van der Waals surface area contributed by atoms with Gasteiger partial charge in [-0.25, -0.2) is 9.18 Å². The highest BCUT2D eigenvalue weighted by molar-refractivity contribution is 5.90. The molecule has 2 rings (SSSR count). The fraction of sp³-hybridized carbons (Fsp3) is 0.133. The van der Waals surface area contributed by atoms with Crippen LogP contribution in [0.4, 0.5) is 10.1 Å². The number of ether oxygens (including phenoxy) is 1. The summed E-state index contributed by atoms with van der Waals surface area (Å²) in [6.45, 7) is 0.201. The predicted molar refractivity (Wildman–Crippen MR) is 74.8 cm³/mol. The Morgan fingerprint density at radius 3 is 2.71 bits per heavy atom. The molecule has 0 spiro atoms. The van der Waals surface area contributed by atoms with Crippen LogP contribution in [0, 0.1) is 5.82 Å². The van der Waals surface area contributed by atoms with Crippen LogP contribution in [0.5, 0.6) is 11.5 Å².